The second-order valence-electron chi connectivity index (χ2n) is 7.83. The van der Waals surface area contributed by atoms with Crippen molar-refractivity contribution in [1.29, 1.82) is 0 Å². The molecular weight excluding hydrogens is 400 g/mol. The molecule has 0 bridgehead atoms. The lowest BCUT2D eigenvalue weighted by Crippen LogP contribution is -1.94. The SMILES string of the molecule is CCCCC1=Cc2ccc(-c3ccc(/C=C/c4cc(F)c(F)c(F)c4)cc3)c(F)c2C1. The summed E-state index contributed by atoms with van der Waals surface area (Å²) in [7, 11) is 0. The van der Waals surface area contributed by atoms with Crippen LogP contribution in [0.1, 0.15) is 48.4 Å². The van der Waals surface area contributed by atoms with Crippen molar-refractivity contribution in [3.05, 3.63) is 99.6 Å². The Morgan fingerprint density at radius 1 is 0.806 bits per heavy atom. The fraction of sp³-hybridized carbons (Fsp3) is 0.185. The van der Waals surface area contributed by atoms with E-state index >= 15 is 4.39 Å². The summed E-state index contributed by atoms with van der Waals surface area (Å²) < 4.78 is 54.9. The topological polar surface area (TPSA) is 0 Å². The third kappa shape index (κ3) is 4.48. The number of halogens is 4. The molecule has 4 rings (SSSR count). The van der Waals surface area contributed by atoms with Crippen molar-refractivity contribution < 1.29 is 17.6 Å². The first-order valence-corrected chi connectivity index (χ1v) is 10.4. The minimum absolute atomic E-state index is 0.180. The summed E-state index contributed by atoms with van der Waals surface area (Å²) in [6, 6.07) is 12.9. The zero-order valence-corrected chi connectivity index (χ0v) is 17.2. The van der Waals surface area contributed by atoms with Gasteiger partial charge in [0.1, 0.15) is 5.82 Å². The van der Waals surface area contributed by atoms with Crippen LogP contribution in [-0.2, 0) is 6.42 Å². The van der Waals surface area contributed by atoms with E-state index in [4.69, 9.17) is 0 Å². The molecule has 0 aromatic heterocycles. The van der Waals surface area contributed by atoms with Gasteiger partial charge in [-0.2, -0.15) is 0 Å². The largest absolute Gasteiger partial charge is 0.206 e. The van der Waals surface area contributed by atoms with Gasteiger partial charge in [0.05, 0.1) is 0 Å². The van der Waals surface area contributed by atoms with E-state index in [0.717, 1.165) is 53.6 Å². The van der Waals surface area contributed by atoms with E-state index in [1.54, 1.807) is 18.2 Å². The van der Waals surface area contributed by atoms with Crippen LogP contribution in [-0.4, -0.2) is 0 Å². The molecule has 0 saturated carbocycles. The molecule has 3 aromatic rings. The van der Waals surface area contributed by atoms with Gasteiger partial charge in [-0.3, -0.25) is 0 Å². The van der Waals surface area contributed by atoms with E-state index in [2.05, 4.69) is 13.0 Å². The molecule has 0 nitrogen and oxygen atoms in total. The molecule has 158 valence electrons. The first-order valence-electron chi connectivity index (χ1n) is 10.4. The molecule has 1 aliphatic carbocycles. The summed E-state index contributed by atoms with van der Waals surface area (Å²) in [5, 5.41) is 0. The van der Waals surface area contributed by atoms with Gasteiger partial charge >= 0.3 is 0 Å². The van der Waals surface area contributed by atoms with Gasteiger partial charge in [-0.25, -0.2) is 17.6 Å². The van der Waals surface area contributed by atoms with Gasteiger partial charge in [0, 0.05) is 5.56 Å². The zero-order chi connectivity index (χ0) is 22.0. The Labute approximate surface area is 179 Å². The Balaban J connectivity index is 1.52. The van der Waals surface area contributed by atoms with Crippen molar-refractivity contribution in [2.24, 2.45) is 0 Å². The number of fused-ring (bicyclic) bond motifs is 1. The Morgan fingerprint density at radius 2 is 1.48 bits per heavy atom. The van der Waals surface area contributed by atoms with Crippen molar-refractivity contribution in [3.63, 3.8) is 0 Å². The van der Waals surface area contributed by atoms with Crippen LogP contribution in [0.4, 0.5) is 17.6 Å². The number of rotatable bonds is 6. The molecule has 1 aliphatic rings. The highest BCUT2D eigenvalue weighted by Crippen LogP contribution is 2.35. The van der Waals surface area contributed by atoms with Crippen LogP contribution in [0.3, 0.4) is 0 Å². The molecule has 0 aliphatic heterocycles. The maximum Gasteiger partial charge on any atom is 0.194 e. The lowest BCUT2D eigenvalue weighted by Gasteiger charge is -2.09. The molecule has 3 aromatic carbocycles. The van der Waals surface area contributed by atoms with E-state index in [1.165, 1.54) is 11.6 Å². The molecule has 0 unspecified atom stereocenters. The second-order valence-corrected chi connectivity index (χ2v) is 7.83. The van der Waals surface area contributed by atoms with Gasteiger partial charge in [-0.15, -0.1) is 0 Å². The van der Waals surface area contributed by atoms with E-state index in [0.29, 0.717) is 12.0 Å². The van der Waals surface area contributed by atoms with E-state index in [9.17, 15) is 13.2 Å². The van der Waals surface area contributed by atoms with Crippen molar-refractivity contribution in [2.45, 2.75) is 32.6 Å². The standard InChI is InChI=1S/C27H22F4/c1-2-3-4-18-13-21-11-12-22(26(30)23(21)14-18)20-9-7-17(8-10-20)5-6-19-15-24(28)27(31)25(29)16-19/h5-13,15-16H,2-4,14H2,1H3/b6-5+. The second kappa shape index (κ2) is 8.93. The lowest BCUT2D eigenvalue weighted by atomic mass is 9.97. The highest BCUT2D eigenvalue weighted by Gasteiger charge is 2.19. The number of hydrogen-bond acceptors (Lipinski definition) is 0. The van der Waals surface area contributed by atoms with Crippen LogP contribution >= 0.6 is 0 Å². The van der Waals surface area contributed by atoms with Gasteiger partial charge in [-0.1, -0.05) is 73.5 Å². The third-order valence-corrected chi connectivity index (χ3v) is 5.59. The number of benzene rings is 3. The van der Waals surface area contributed by atoms with Gasteiger partial charge in [-0.05, 0) is 59.2 Å². The number of allylic oxidation sites excluding steroid dienone is 1. The van der Waals surface area contributed by atoms with Crippen LogP contribution in [0.25, 0.3) is 29.4 Å². The fourth-order valence-electron chi connectivity index (χ4n) is 3.87. The maximum atomic E-state index is 15.2. The Hall–Kier alpha value is -3.14. The van der Waals surface area contributed by atoms with Crippen LogP contribution in [0.15, 0.2) is 54.1 Å². The quantitative estimate of drug-likeness (QED) is 0.213. The Bertz CT molecular complexity index is 1150. The van der Waals surface area contributed by atoms with Crippen molar-refractivity contribution in [1.82, 2.24) is 0 Å². The summed E-state index contributed by atoms with van der Waals surface area (Å²) in [5.41, 5.74) is 5.32. The summed E-state index contributed by atoms with van der Waals surface area (Å²) in [6.45, 7) is 2.15. The monoisotopic (exact) mass is 422 g/mol. The molecule has 0 radical (unpaired) electrons. The Morgan fingerprint density at radius 3 is 2.16 bits per heavy atom. The molecule has 31 heavy (non-hydrogen) atoms. The summed E-state index contributed by atoms with van der Waals surface area (Å²) in [6.07, 6.45) is 9.17. The van der Waals surface area contributed by atoms with Gasteiger partial charge in [0.2, 0.25) is 0 Å². The molecule has 0 N–H and O–H groups in total. The van der Waals surface area contributed by atoms with Crippen LogP contribution < -0.4 is 0 Å². The normalized spacial score (nSPS) is 13.0. The Kier molecular flexibility index (Phi) is 6.08. The van der Waals surface area contributed by atoms with Crippen LogP contribution in [0.2, 0.25) is 0 Å². The minimum Gasteiger partial charge on any atom is -0.206 e. The minimum atomic E-state index is -1.48. The summed E-state index contributed by atoms with van der Waals surface area (Å²) in [4.78, 5) is 0. The van der Waals surface area contributed by atoms with Crippen molar-refractivity contribution >= 4 is 18.2 Å². The summed E-state index contributed by atoms with van der Waals surface area (Å²) in [5.74, 6) is -4.12. The number of hydrogen-bond donors (Lipinski definition) is 0. The zero-order valence-electron chi connectivity index (χ0n) is 17.2. The molecule has 0 fully saturated rings. The van der Waals surface area contributed by atoms with E-state index < -0.39 is 17.5 Å². The molecule has 0 spiro atoms. The average Bonchev–Trinajstić information content (AvgIpc) is 3.19. The molecule has 0 amide bonds. The first kappa shape index (κ1) is 21.1. The van der Waals surface area contributed by atoms with Crippen LogP contribution in [0.5, 0.6) is 0 Å². The van der Waals surface area contributed by atoms with Crippen molar-refractivity contribution in [3.8, 4) is 11.1 Å². The molecule has 0 heterocycles. The molecular formula is C27H22F4. The van der Waals surface area contributed by atoms with Crippen LogP contribution in [0, 0.1) is 23.3 Å². The lowest BCUT2D eigenvalue weighted by molar-refractivity contribution is 0.447. The molecule has 4 heteroatoms. The van der Waals surface area contributed by atoms with Gasteiger partial charge < -0.3 is 0 Å². The molecule has 0 saturated heterocycles. The van der Waals surface area contributed by atoms with Gasteiger partial charge in [0.25, 0.3) is 0 Å². The smallest absolute Gasteiger partial charge is 0.194 e. The third-order valence-electron chi connectivity index (χ3n) is 5.59. The van der Waals surface area contributed by atoms with Crippen molar-refractivity contribution in [2.75, 3.05) is 0 Å². The predicted molar refractivity (Wildman–Crippen MR) is 118 cm³/mol. The maximum absolute atomic E-state index is 15.2. The molecule has 0 atom stereocenters. The highest BCUT2D eigenvalue weighted by atomic mass is 19.2. The highest BCUT2D eigenvalue weighted by molar-refractivity contribution is 5.75. The van der Waals surface area contributed by atoms with E-state index in [1.807, 2.05) is 24.3 Å². The van der Waals surface area contributed by atoms with Gasteiger partial charge in [0.15, 0.2) is 17.5 Å². The summed E-state index contributed by atoms with van der Waals surface area (Å²) >= 11 is 0. The average molecular weight is 422 g/mol. The number of unbranched alkanes of at least 4 members (excludes halogenated alkanes) is 1. The fourth-order valence-corrected chi connectivity index (χ4v) is 3.87. The predicted octanol–water partition coefficient (Wildman–Crippen LogP) is 8.21. The first-order chi connectivity index (χ1) is 15.0. The van der Waals surface area contributed by atoms with E-state index in [-0.39, 0.29) is 11.4 Å².